The van der Waals surface area contributed by atoms with Crippen LogP contribution < -0.4 is 5.32 Å². The average molecular weight is 174 g/mol. The molecule has 0 saturated carbocycles. The topological polar surface area (TPSA) is 42.7 Å². The lowest BCUT2D eigenvalue weighted by molar-refractivity contribution is 1.05. The largest absolute Gasteiger partial charge is 0.357 e. The predicted molar refractivity (Wildman–Crippen MR) is 50.9 cm³/mol. The van der Waals surface area contributed by atoms with Crippen molar-refractivity contribution in [1.29, 1.82) is 0 Å². The van der Waals surface area contributed by atoms with Gasteiger partial charge in [0, 0.05) is 7.05 Å². The first-order chi connectivity index (χ1) is 6.42. The number of para-hydroxylation sites is 1. The highest BCUT2D eigenvalue weighted by atomic mass is 15.3. The molecule has 2 rings (SSSR count). The summed E-state index contributed by atoms with van der Waals surface area (Å²) in [5.41, 5.74) is 1.05. The van der Waals surface area contributed by atoms with Crippen molar-refractivity contribution >= 4 is 5.95 Å². The maximum absolute atomic E-state index is 3.91. The Balaban J connectivity index is 2.47. The molecule has 0 radical (unpaired) electrons. The summed E-state index contributed by atoms with van der Waals surface area (Å²) >= 11 is 0. The summed E-state index contributed by atoms with van der Waals surface area (Å²) in [5.74, 6) is 0.742. The summed E-state index contributed by atoms with van der Waals surface area (Å²) in [5, 5.41) is 10.7. The van der Waals surface area contributed by atoms with E-state index in [0.29, 0.717) is 0 Å². The van der Waals surface area contributed by atoms with E-state index in [1.807, 2.05) is 41.9 Å². The molecule has 2 aromatic rings. The number of benzene rings is 1. The summed E-state index contributed by atoms with van der Waals surface area (Å²) in [4.78, 5) is 0. The van der Waals surface area contributed by atoms with Crippen LogP contribution in [0.25, 0.3) is 5.69 Å². The lowest BCUT2D eigenvalue weighted by Crippen LogP contribution is -1.99. The Labute approximate surface area is 76.2 Å². The fraction of sp³-hybridized carbons (Fsp3) is 0.111. The number of nitrogens with one attached hydrogen (secondary N) is 1. The first-order valence-electron chi connectivity index (χ1n) is 4.05. The average Bonchev–Trinajstić information content (AvgIpc) is 2.67. The molecule has 0 spiro atoms. The standard InChI is InChI=1S/C9H10N4/c1-10-9-12-11-7-13(9)8-5-3-2-4-6-8/h2-7H,1H3,(H,10,12). The van der Waals surface area contributed by atoms with Crippen molar-refractivity contribution in [3.8, 4) is 5.69 Å². The summed E-state index contributed by atoms with van der Waals surface area (Å²) in [6, 6.07) is 9.95. The molecule has 0 saturated heterocycles. The van der Waals surface area contributed by atoms with Gasteiger partial charge in [-0.3, -0.25) is 4.57 Å². The van der Waals surface area contributed by atoms with E-state index in [4.69, 9.17) is 0 Å². The Morgan fingerprint density at radius 3 is 2.69 bits per heavy atom. The molecule has 0 bridgehead atoms. The van der Waals surface area contributed by atoms with Crippen LogP contribution in [0.2, 0.25) is 0 Å². The molecular formula is C9H10N4. The second-order valence-corrected chi connectivity index (χ2v) is 2.61. The third-order valence-corrected chi connectivity index (χ3v) is 1.81. The van der Waals surface area contributed by atoms with Crippen molar-refractivity contribution < 1.29 is 0 Å². The fourth-order valence-corrected chi connectivity index (χ4v) is 1.18. The highest BCUT2D eigenvalue weighted by Crippen LogP contribution is 2.11. The van der Waals surface area contributed by atoms with Crippen LogP contribution in [0.1, 0.15) is 0 Å². The molecule has 0 amide bonds. The monoisotopic (exact) mass is 174 g/mol. The molecule has 0 aliphatic carbocycles. The van der Waals surface area contributed by atoms with Crippen LogP contribution in [0, 0.1) is 0 Å². The Morgan fingerprint density at radius 2 is 2.00 bits per heavy atom. The highest BCUT2D eigenvalue weighted by Gasteiger charge is 2.01. The molecule has 1 aromatic carbocycles. The van der Waals surface area contributed by atoms with E-state index in [-0.39, 0.29) is 0 Å². The van der Waals surface area contributed by atoms with E-state index in [1.165, 1.54) is 0 Å². The predicted octanol–water partition coefficient (Wildman–Crippen LogP) is 1.31. The molecule has 1 aromatic heterocycles. The number of aromatic nitrogens is 3. The number of hydrogen-bond donors (Lipinski definition) is 1. The number of rotatable bonds is 2. The van der Waals surface area contributed by atoms with Gasteiger partial charge in [-0.2, -0.15) is 0 Å². The molecule has 0 atom stereocenters. The minimum Gasteiger partial charge on any atom is -0.357 e. The number of hydrogen-bond acceptors (Lipinski definition) is 3. The second kappa shape index (κ2) is 3.26. The third-order valence-electron chi connectivity index (χ3n) is 1.81. The summed E-state index contributed by atoms with van der Waals surface area (Å²) < 4.78 is 1.89. The smallest absolute Gasteiger partial charge is 0.228 e. The van der Waals surface area contributed by atoms with Gasteiger partial charge in [-0.25, -0.2) is 0 Å². The second-order valence-electron chi connectivity index (χ2n) is 2.61. The van der Waals surface area contributed by atoms with E-state index in [1.54, 1.807) is 6.33 Å². The molecule has 0 unspecified atom stereocenters. The number of anilines is 1. The summed E-state index contributed by atoms with van der Waals surface area (Å²) in [6.07, 6.45) is 1.68. The van der Waals surface area contributed by atoms with Crippen molar-refractivity contribution in [3.05, 3.63) is 36.7 Å². The van der Waals surface area contributed by atoms with E-state index >= 15 is 0 Å². The van der Waals surface area contributed by atoms with Gasteiger partial charge in [-0.05, 0) is 12.1 Å². The van der Waals surface area contributed by atoms with E-state index in [9.17, 15) is 0 Å². The van der Waals surface area contributed by atoms with Gasteiger partial charge in [0.05, 0.1) is 5.69 Å². The van der Waals surface area contributed by atoms with Gasteiger partial charge in [0.15, 0.2) is 0 Å². The molecule has 1 heterocycles. The zero-order chi connectivity index (χ0) is 9.10. The lowest BCUT2D eigenvalue weighted by atomic mass is 10.3. The molecular weight excluding hydrogens is 164 g/mol. The van der Waals surface area contributed by atoms with Gasteiger partial charge in [-0.1, -0.05) is 18.2 Å². The van der Waals surface area contributed by atoms with Crippen LogP contribution in [0.3, 0.4) is 0 Å². The van der Waals surface area contributed by atoms with Crippen LogP contribution in [0.5, 0.6) is 0 Å². The van der Waals surface area contributed by atoms with Crippen molar-refractivity contribution in [2.75, 3.05) is 12.4 Å². The number of nitrogens with zero attached hydrogens (tertiary/aromatic N) is 3. The van der Waals surface area contributed by atoms with Crippen LogP contribution >= 0.6 is 0 Å². The Morgan fingerprint density at radius 1 is 1.23 bits per heavy atom. The molecule has 0 aliphatic heterocycles. The van der Waals surface area contributed by atoms with Gasteiger partial charge in [-0.15, -0.1) is 10.2 Å². The Kier molecular flexibility index (Phi) is 1.96. The van der Waals surface area contributed by atoms with Crippen LogP contribution in [0.4, 0.5) is 5.95 Å². The van der Waals surface area contributed by atoms with E-state index in [2.05, 4.69) is 15.5 Å². The normalized spacial score (nSPS) is 9.92. The van der Waals surface area contributed by atoms with E-state index in [0.717, 1.165) is 11.6 Å². The van der Waals surface area contributed by atoms with Crippen LogP contribution in [0.15, 0.2) is 36.7 Å². The molecule has 1 N–H and O–H groups in total. The molecule has 66 valence electrons. The Bertz CT molecular complexity index is 380. The molecule has 13 heavy (non-hydrogen) atoms. The zero-order valence-corrected chi connectivity index (χ0v) is 7.31. The first kappa shape index (κ1) is 7.79. The molecule has 4 heteroatoms. The lowest BCUT2D eigenvalue weighted by Gasteiger charge is -2.04. The van der Waals surface area contributed by atoms with Crippen LogP contribution in [-0.2, 0) is 0 Å². The summed E-state index contributed by atoms with van der Waals surface area (Å²) in [6.45, 7) is 0. The minimum atomic E-state index is 0.742. The SMILES string of the molecule is CNc1nncn1-c1ccccc1. The quantitative estimate of drug-likeness (QED) is 0.746. The van der Waals surface area contributed by atoms with Gasteiger partial charge >= 0.3 is 0 Å². The fourth-order valence-electron chi connectivity index (χ4n) is 1.18. The maximum Gasteiger partial charge on any atom is 0.228 e. The highest BCUT2D eigenvalue weighted by molar-refractivity contribution is 5.39. The molecule has 0 aliphatic rings. The Hall–Kier alpha value is -1.84. The van der Waals surface area contributed by atoms with Gasteiger partial charge in [0.1, 0.15) is 6.33 Å². The summed E-state index contributed by atoms with van der Waals surface area (Å²) in [7, 11) is 1.82. The zero-order valence-electron chi connectivity index (χ0n) is 7.31. The van der Waals surface area contributed by atoms with Crippen molar-refractivity contribution in [3.63, 3.8) is 0 Å². The van der Waals surface area contributed by atoms with Crippen molar-refractivity contribution in [1.82, 2.24) is 14.8 Å². The van der Waals surface area contributed by atoms with Crippen molar-refractivity contribution in [2.45, 2.75) is 0 Å². The molecule has 4 nitrogen and oxygen atoms in total. The van der Waals surface area contributed by atoms with Gasteiger partial charge in [0.25, 0.3) is 0 Å². The first-order valence-corrected chi connectivity index (χ1v) is 4.05. The molecule has 0 fully saturated rings. The minimum absolute atomic E-state index is 0.742. The van der Waals surface area contributed by atoms with Gasteiger partial charge in [0.2, 0.25) is 5.95 Å². The van der Waals surface area contributed by atoms with E-state index < -0.39 is 0 Å². The third kappa shape index (κ3) is 1.38. The van der Waals surface area contributed by atoms with Crippen molar-refractivity contribution in [2.24, 2.45) is 0 Å². The van der Waals surface area contributed by atoms with Crippen LogP contribution in [-0.4, -0.2) is 21.8 Å². The maximum atomic E-state index is 3.91. The van der Waals surface area contributed by atoms with Gasteiger partial charge < -0.3 is 5.32 Å².